The van der Waals surface area contributed by atoms with Crippen molar-refractivity contribution < 1.29 is 9.53 Å². The van der Waals surface area contributed by atoms with E-state index in [4.69, 9.17) is 4.74 Å². The monoisotopic (exact) mass is 268 g/mol. The van der Waals surface area contributed by atoms with Crippen LogP contribution in [0.1, 0.15) is 48.5 Å². The van der Waals surface area contributed by atoms with E-state index < -0.39 is 5.60 Å². The highest BCUT2D eigenvalue weighted by Gasteiger charge is 2.75. The van der Waals surface area contributed by atoms with Crippen molar-refractivity contribution in [3.8, 4) is 0 Å². The molecule has 1 aliphatic heterocycles. The molecule has 2 aliphatic rings. The molecule has 0 radical (unpaired) electrons. The number of likely N-dealkylation sites (tertiary alicyclic amines) is 1. The Hall–Kier alpha value is -0.770. The number of carbonyl (C=O) groups is 1. The number of nitrogens with one attached hydrogen (secondary N) is 1. The highest BCUT2D eigenvalue weighted by Crippen LogP contribution is 2.67. The van der Waals surface area contributed by atoms with E-state index in [2.05, 4.69) is 37.9 Å². The van der Waals surface area contributed by atoms with Gasteiger partial charge >= 0.3 is 6.09 Å². The first-order valence-electron chi connectivity index (χ1n) is 7.23. The summed E-state index contributed by atoms with van der Waals surface area (Å²) >= 11 is 0. The van der Waals surface area contributed by atoms with Crippen LogP contribution in [0.15, 0.2) is 0 Å². The molecule has 4 nitrogen and oxygen atoms in total. The van der Waals surface area contributed by atoms with Crippen molar-refractivity contribution in [2.75, 3.05) is 13.1 Å². The van der Waals surface area contributed by atoms with Crippen molar-refractivity contribution in [3.63, 3.8) is 0 Å². The number of hydrogen-bond donors (Lipinski definition) is 1. The minimum absolute atomic E-state index is 0.189. The van der Waals surface area contributed by atoms with Gasteiger partial charge in [0, 0.05) is 36.0 Å². The van der Waals surface area contributed by atoms with Gasteiger partial charge in [-0.1, -0.05) is 13.8 Å². The zero-order valence-corrected chi connectivity index (χ0v) is 13.3. The number of rotatable bonds is 2. The fourth-order valence-corrected chi connectivity index (χ4v) is 3.51. The van der Waals surface area contributed by atoms with E-state index in [1.54, 1.807) is 0 Å². The number of piperidine rings is 1. The van der Waals surface area contributed by atoms with Gasteiger partial charge in [0.15, 0.2) is 0 Å². The first-order chi connectivity index (χ1) is 8.49. The van der Waals surface area contributed by atoms with Crippen LogP contribution in [0.2, 0.25) is 0 Å². The Kier molecular flexibility index (Phi) is 3.17. The molecule has 1 aliphatic carbocycles. The Labute approximate surface area is 116 Å². The van der Waals surface area contributed by atoms with Gasteiger partial charge in [-0.3, -0.25) is 4.90 Å². The lowest BCUT2D eigenvalue weighted by molar-refractivity contribution is 0.0502. The molecule has 1 saturated carbocycles. The Morgan fingerprint density at radius 2 is 1.74 bits per heavy atom. The molecule has 0 bridgehead atoms. The summed E-state index contributed by atoms with van der Waals surface area (Å²) in [6.45, 7) is 16.8. The first-order valence-corrected chi connectivity index (χ1v) is 7.23. The molecule has 0 aromatic heterocycles. The van der Waals surface area contributed by atoms with Crippen molar-refractivity contribution in [3.05, 3.63) is 0 Å². The molecular formula is C15H28N2O2. The molecule has 2 rings (SSSR count). The molecule has 1 N–H and O–H groups in total. The normalized spacial score (nSPS) is 38.2. The van der Waals surface area contributed by atoms with Crippen LogP contribution in [0.25, 0.3) is 0 Å². The van der Waals surface area contributed by atoms with Crippen LogP contribution < -0.4 is 5.32 Å². The number of hydrogen-bond acceptors (Lipinski definition) is 3. The number of amides is 1. The van der Waals surface area contributed by atoms with Crippen LogP contribution in [0.3, 0.4) is 0 Å². The maximum absolute atomic E-state index is 11.9. The van der Waals surface area contributed by atoms with Gasteiger partial charge in [-0.25, -0.2) is 4.79 Å². The molecule has 1 heterocycles. The molecule has 1 amide bonds. The van der Waals surface area contributed by atoms with Gasteiger partial charge in [-0.2, -0.15) is 0 Å². The summed E-state index contributed by atoms with van der Waals surface area (Å²) in [5, 5.41) is 3.07. The molecule has 4 heteroatoms. The molecule has 19 heavy (non-hydrogen) atoms. The fourth-order valence-electron chi connectivity index (χ4n) is 3.51. The summed E-state index contributed by atoms with van der Waals surface area (Å²) in [6, 6.07) is 0.813. The Morgan fingerprint density at radius 1 is 1.26 bits per heavy atom. The fraction of sp³-hybridized carbons (Fsp3) is 0.933. The van der Waals surface area contributed by atoms with Crippen molar-refractivity contribution in [1.82, 2.24) is 10.2 Å². The summed E-state index contributed by atoms with van der Waals surface area (Å²) in [5.74, 6) is 0. The molecule has 3 atom stereocenters. The number of alkyl carbamates (subject to hydrolysis) is 1. The average Bonchev–Trinajstić information content (AvgIpc) is 2.49. The second-order valence-electron chi connectivity index (χ2n) is 7.91. The second kappa shape index (κ2) is 4.11. The maximum atomic E-state index is 11.9. The summed E-state index contributed by atoms with van der Waals surface area (Å²) < 4.78 is 5.35. The molecule has 0 spiro atoms. The minimum atomic E-state index is -0.431. The third kappa shape index (κ3) is 2.35. The van der Waals surface area contributed by atoms with Crippen LogP contribution in [-0.4, -0.2) is 41.8 Å². The van der Waals surface area contributed by atoms with Gasteiger partial charge in [0.25, 0.3) is 0 Å². The first kappa shape index (κ1) is 14.6. The smallest absolute Gasteiger partial charge is 0.407 e. The Morgan fingerprint density at radius 3 is 2.11 bits per heavy atom. The van der Waals surface area contributed by atoms with Crippen LogP contribution in [0, 0.1) is 10.8 Å². The van der Waals surface area contributed by atoms with E-state index in [1.165, 1.54) is 0 Å². The molecule has 1 unspecified atom stereocenters. The molecular weight excluding hydrogens is 240 g/mol. The zero-order valence-electron chi connectivity index (χ0n) is 13.3. The number of fused-ring (bicyclic) bond motifs is 1. The SMILES string of the molecule is CC(C)N1C[C@@]2(C)C(NC(=O)OC(C)(C)C)[C@@]2(C)C1. The lowest BCUT2D eigenvalue weighted by atomic mass is 10.0. The van der Waals surface area contributed by atoms with Crippen LogP contribution in [-0.2, 0) is 4.74 Å². The summed E-state index contributed by atoms with van der Waals surface area (Å²) in [6.07, 6.45) is -0.287. The van der Waals surface area contributed by atoms with Crippen molar-refractivity contribution in [2.24, 2.45) is 10.8 Å². The second-order valence-corrected chi connectivity index (χ2v) is 7.91. The molecule has 0 aromatic rings. The third-order valence-electron chi connectivity index (χ3n) is 4.95. The van der Waals surface area contributed by atoms with Crippen LogP contribution in [0.4, 0.5) is 4.79 Å². The molecule has 110 valence electrons. The van der Waals surface area contributed by atoms with Crippen molar-refractivity contribution in [1.29, 1.82) is 0 Å². The number of ether oxygens (including phenoxy) is 1. The number of nitrogens with zero attached hydrogens (tertiary/aromatic N) is 1. The van der Waals surface area contributed by atoms with Gasteiger partial charge in [0.1, 0.15) is 5.60 Å². The predicted molar refractivity (Wildman–Crippen MR) is 76.1 cm³/mol. The van der Waals surface area contributed by atoms with E-state index in [0.29, 0.717) is 6.04 Å². The molecule has 2 fully saturated rings. The summed E-state index contributed by atoms with van der Waals surface area (Å²) in [5.41, 5.74) is -0.0534. The summed E-state index contributed by atoms with van der Waals surface area (Å²) in [4.78, 5) is 14.4. The lowest BCUT2D eigenvalue weighted by Crippen LogP contribution is -2.42. The van der Waals surface area contributed by atoms with E-state index in [-0.39, 0.29) is 23.0 Å². The molecule has 0 aromatic carbocycles. The Balaban J connectivity index is 1.95. The summed E-state index contributed by atoms with van der Waals surface area (Å²) in [7, 11) is 0. The predicted octanol–water partition coefficient (Wildman–Crippen LogP) is 2.63. The number of carbonyl (C=O) groups excluding carboxylic acids is 1. The standard InChI is InChI=1S/C15H28N2O2/c1-10(2)17-8-14(6)11(15(14,7)9-17)16-12(18)19-13(3,4)5/h10-11H,8-9H2,1-7H3,(H,16,18)/t11?,14-,15+. The van der Waals surface area contributed by atoms with Gasteiger partial charge in [-0.05, 0) is 34.6 Å². The topological polar surface area (TPSA) is 41.6 Å². The van der Waals surface area contributed by atoms with Gasteiger partial charge in [-0.15, -0.1) is 0 Å². The van der Waals surface area contributed by atoms with E-state index in [0.717, 1.165) is 13.1 Å². The van der Waals surface area contributed by atoms with E-state index >= 15 is 0 Å². The van der Waals surface area contributed by atoms with Crippen LogP contribution in [0.5, 0.6) is 0 Å². The van der Waals surface area contributed by atoms with Crippen LogP contribution >= 0.6 is 0 Å². The van der Waals surface area contributed by atoms with E-state index in [1.807, 2.05) is 20.8 Å². The van der Waals surface area contributed by atoms with Crippen molar-refractivity contribution >= 4 is 6.09 Å². The minimum Gasteiger partial charge on any atom is -0.444 e. The highest BCUT2D eigenvalue weighted by molar-refractivity contribution is 5.69. The van der Waals surface area contributed by atoms with E-state index in [9.17, 15) is 4.79 Å². The third-order valence-corrected chi connectivity index (χ3v) is 4.95. The van der Waals surface area contributed by atoms with Gasteiger partial charge < -0.3 is 10.1 Å². The Bertz CT molecular complexity index is 370. The van der Waals surface area contributed by atoms with Gasteiger partial charge in [0.05, 0.1) is 0 Å². The molecule has 1 saturated heterocycles. The zero-order chi connectivity index (χ0) is 14.6. The highest BCUT2D eigenvalue weighted by atomic mass is 16.6. The largest absolute Gasteiger partial charge is 0.444 e. The lowest BCUT2D eigenvalue weighted by Gasteiger charge is -2.27. The average molecular weight is 268 g/mol. The maximum Gasteiger partial charge on any atom is 0.407 e. The van der Waals surface area contributed by atoms with Crippen molar-refractivity contribution in [2.45, 2.75) is 66.2 Å². The van der Waals surface area contributed by atoms with Gasteiger partial charge in [0.2, 0.25) is 0 Å². The quantitative estimate of drug-likeness (QED) is 0.837.